The SMILES string of the molecule is Cc1nn(C)c(C)c1C(=O)c1cccc(CC(C)C)c1. The summed E-state index contributed by atoms with van der Waals surface area (Å²) in [5.41, 5.74) is 4.41. The summed E-state index contributed by atoms with van der Waals surface area (Å²) >= 11 is 0. The molecule has 0 atom stereocenters. The van der Waals surface area contributed by atoms with Crippen molar-refractivity contribution in [3.63, 3.8) is 0 Å². The largest absolute Gasteiger partial charge is 0.288 e. The summed E-state index contributed by atoms with van der Waals surface area (Å²) < 4.78 is 1.76. The predicted octanol–water partition coefficient (Wildman–Crippen LogP) is 3.47. The van der Waals surface area contributed by atoms with E-state index in [0.29, 0.717) is 5.92 Å². The van der Waals surface area contributed by atoms with Crippen LogP contribution in [0.4, 0.5) is 0 Å². The molecule has 3 nitrogen and oxygen atoms in total. The lowest BCUT2D eigenvalue weighted by atomic mass is 9.96. The van der Waals surface area contributed by atoms with Gasteiger partial charge in [0.25, 0.3) is 0 Å². The first-order chi connectivity index (χ1) is 9.40. The molecule has 1 aromatic heterocycles. The molecule has 0 aliphatic rings. The van der Waals surface area contributed by atoms with Crippen LogP contribution in [0.2, 0.25) is 0 Å². The number of rotatable bonds is 4. The first-order valence-corrected chi connectivity index (χ1v) is 7.04. The fraction of sp³-hybridized carbons (Fsp3) is 0.412. The van der Waals surface area contributed by atoms with E-state index in [2.05, 4.69) is 25.0 Å². The normalized spacial score (nSPS) is 11.1. The molecule has 0 bridgehead atoms. The highest BCUT2D eigenvalue weighted by molar-refractivity contribution is 6.10. The van der Waals surface area contributed by atoms with E-state index < -0.39 is 0 Å². The van der Waals surface area contributed by atoms with Crippen LogP contribution >= 0.6 is 0 Å². The molecule has 106 valence electrons. The number of carbonyl (C=O) groups excluding carboxylic acids is 1. The molecule has 20 heavy (non-hydrogen) atoms. The zero-order valence-electron chi connectivity index (χ0n) is 12.9. The molecule has 0 radical (unpaired) electrons. The summed E-state index contributed by atoms with van der Waals surface area (Å²) in [7, 11) is 1.87. The fourth-order valence-corrected chi connectivity index (χ4v) is 2.56. The molecular formula is C17H22N2O. The zero-order chi connectivity index (χ0) is 14.9. The van der Waals surface area contributed by atoms with Crippen molar-refractivity contribution >= 4 is 5.78 Å². The molecule has 1 aromatic carbocycles. The van der Waals surface area contributed by atoms with Crippen LogP contribution in [-0.2, 0) is 13.5 Å². The molecule has 2 rings (SSSR count). The van der Waals surface area contributed by atoms with Crippen LogP contribution in [0.3, 0.4) is 0 Å². The maximum atomic E-state index is 12.7. The quantitative estimate of drug-likeness (QED) is 0.797. The molecule has 0 fully saturated rings. The Morgan fingerprint density at radius 1 is 1.30 bits per heavy atom. The maximum absolute atomic E-state index is 12.7. The molecule has 3 heteroatoms. The van der Waals surface area contributed by atoms with E-state index in [0.717, 1.165) is 28.9 Å². The van der Waals surface area contributed by atoms with Gasteiger partial charge in [0, 0.05) is 18.3 Å². The Hall–Kier alpha value is -1.90. The van der Waals surface area contributed by atoms with Gasteiger partial charge in [-0.25, -0.2) is 0 Å². The topological polar surface area (TPSA) is 34.9 Å². The minimum atomic E-state index is 0.0682. The highest BCUT2D eigenvalue weighted by Gasteiger charge is 2.19. The lowest BCUT2D eigenvalue weighted by Gasteiger charge is -2.07. The molecule has 0 unspecified atom stereocenters. The van der Waals surface area contributed by atoms with E-state index in [1.165, 1.54) is 5.56 Å². The molecule has 0 aliphatic heterocycles. The van der Waals surface area contributed by atoms with Gasteiger partial charge in [-0.05, 0) is 37.8 Å². The monoisotopic (exact) mass is 270 g/mol. The zero-order valence-corrected chi connectivity index (χ0v) is 12.9. The van der Waals surface area contributed by atoms with E-state index in [4.69, 9.17) is 0 Å². The van der Waals surface area contributed by atoms with Gasteiger partial charge in [0.05, 0.1) is 11.3 Å². The van der Waals surface area contributed by atoms with Crippen molar-refractivity contribution in [2.45, 2.75) is 34.1 Å². The summed E-state index contributed by atoms with van der Waals surface area (Å²) in [6, 6.07) is 7.94. The van der Waals surface area contributed by atoms with Crippen molar-refractivity contribution < 1.29 is 4.79 Å². The summed E-state index contributed by atoms with van der Waals surface area (Å²) in [6.07, 6.45) is 0.992. The van der Waals surface area contributed by atoms with Crippen molar-refractivity contribution in [3.05, 3.63) is 52.3 Å². The molecule has 0 N–H and O–H groups in total. The average Bonchev–Trinajstić information content (AvgIpc) is 2.62. The van der Waals surface area contributed by atoms with Crippen molar-refractivity contribution in [1.29, 1.82) is 0 Å². The Bertz CT molecular complexity index is 638. The third kappa shape index (κ3) is 2.82. The molecule has 0 saturated heterocycles. The number of aryl methyl sites for hydroxylation is 2. The van der Waals surface area contributed by atoms with Crippen molar-refractivity contribution in [1.82, 2.24) is 9.78 Å². The lowest BCUT2D eigenvalue weighted by molar-refractivity contribution is 0.103. The third-order valence-corrected chi connectivity index (χ3v) is 3.57. The van der Waals surface area contributed by atoms with Crippen LogP contribution in [0.25, 0.3) is 0 Å². The van der Waals surface area contributed by atoms with Gasteiger partial charge in [-0.3, -0.25) is 9.48 Å². The number of benzene rings is 1. The van der Waals surface area contributed by atoms with Gasteiger partial charge in [-0.2, -0.15) is 5.10 Å². The first-order valence-electron chi connectivity index (χ1n) is 7.04. The molecule has 2 aromatic rings. The van der Waals surface area contributed by atoms with Gasteiger partial charge in [-0.15, -0.1) is 0 Å². The van der Waals surface area contributed by atoms with Gasteiger partial charge in [0.2, 0.25) is 0 Å². The van der Waals surface area contributed by atoms with E-state index in [-0.39, 0.29) is 5.78 Å². The van der Waals surface area contributed by atoms with Crippen LogP contribution in [0.15, 0.2) is 24.3 Å². The predicted molar refractivity (Wildman–Crippen MR) is 81.1 cm³/mol. The third-order valence-electron chi connectivity index (χ3n) is 3.57. The highest BCUT2D eigenvalue weighted by Crippen LogP contribution is 2.19. The van der Waals surface area contributed by atoms with Crippen molar-refractivity contribution in [2.75, 3.05) is 0 Å². The van der Waals surface area contributed by atoms with Crippen molar-refractivity contribution in [3.8, 4) is 0 Å². The summed E-state index contributed by atoms with van der Waals surface area (Å²) in [4.78, 5) is 12.7. The Balaban J connectivity index is 2.38. The number of carbonyl (C=O) groups is 1. The van der Waals surface area contributed by atoms with Crippen LogP contribution < -0.4 is 0 Å². The molecule has 0 saturated carbocycles. The molecule has 0 amide bonds. The van der Waals surface area contributed by atoms with Crippen LogP contribution in [0.5, 0.6) is 0 Å². The van der Waals surface area contributed by atoms with E-state index in [9.17, 15) is 4.79 Å². The molecule has 0 spiro atoms. The second-order valence-electron chi connectivity index (χ2n) is 5.80. The lowest BCUT2D eigenvalue weighted by Crippen LogP contribution is -2.06. The number of aromatic nitrogens is 2. The Labute approximate surface area is 120 Å². The standard InChI is InChI=1S/C17H22N2O/c1-11(2)9-14-7-6-8-15(10-14)17(20)16-12(3)18-19(5)13(16)4/h6-8,10-11H,9H2,1-5H3. The van der Waals surface area contributed by atoms with Crippen LogP contribution in [0.1, 0.15) is 46.7 Å². The van der Waals surface area contributed by atoms with Gasteiger partial charge in [-0.1, -0.05) is 32.0 Å². The Kier molecular flexibility index (Phi) is 4.07. The second kappa shape index (κ2) is 5.61. The van der Waals surface area contributed by atoms with Gasteiger partial charge < -0.3 is 0 Å². The van der Waals surface area contributed by atoms with Crippen LogP contribution in [-0.4, -0.2) is 15.6 Å². The van der Waals surface area contributed by atoms with Gasteiger partial charge in [0.15, 0.2) is 5.78 Å². The number of hydrogen-bond acceptors (Lipinski definition) is 2. The van der Waals surface area contributed by atoms with E-state index in [1.54, 1.807) is 4.68 Å². The van der Waals surface area contributed by atoms with Gasteiger partial charge in [0.1, 0.15) is 0 Å². The van der Waals surface area contributed by atoms with Crippen molar-refractivity contribution in [2.24, 2.45) is 13.0 Å². The summed E-state index contributed by atoms with van der Waals surface area (Å²) in [5.74, 6) is 0.654. The number of hydrogen-bond donors (Lipinski definition) is 0. The maximum Gasteiger partial charge on any atom is 0.196 e. The molecule has 0 aliphatic carbocycles. The summed E-state index contributed by atoms with van der Waals surface area (Å²) in [6.45, 7) is 8.19. The van der Waals surface area contributed by atoms with Crippen LogP contribution in [0, 0.1) is 19.8 Å². The minimum Gasteiger partial charge on any atom is -0.288 e. The highest BCUT2D eigenvalue weighted by atomic mass is 16.1. The number of ketones is 1. The van der Waals surface area contributed by atoms with Gasteiger partial charge >= 0.3 is 0 Å². The Morgan fingerprint density at radius 2 is 2.00 bits per heavy atom. The number of nitrogens with zero attached hydrogens (tertiary/aromatic N) is 2. The Morgan fingerprint density at radius 3 is 2.55 bits per heavy atom. The molecular weight excluding hydrogens is 248 g/mol. The average molecular weight is 270 g/mol. The first kappa shape index (κ1) is 14.5. The smallest absolute Gasteiger partial charge is 0.196 e. The fourth-order valence-electron chi connectivity index (χ4n) is 2.56. The molecule has 1 heterocycles. The van der Waals surface area contributed by atoms with E-state index >= 15 is 0 Å². The van der Waals surface area contributed by atoms with E-state index in [1.807, 2.05) is 39.1 Å². The second-order valence-corrected chi connectivity index (χ2v) is 5.80. The minimum absolute atomic E-state index is 0.0682. The summed E-state index contributed by atoms with van der Waals surface area (Å²) in [5, 5.41) is 4.32.